The summed E-state index contributed by atoms with van der Waals surface area (Å²) in [6, 6.07) is 10.3. The van der Waals surface area contributed by atoms with E-state index in [2.05, 4.69) is 27.6 Å². The number of nitrogens with zero attached hydrogens (tertiary/aromatic N) is 3. The molecule has 0 radical (unpaired) electrons. The molecule has 2 aromatic rings. The van der Waals surface area contributed by atoms with E-state index in [9.17, 15) is 0 Å². The maximum atomic E-state index is 4.03. The Morgan fingerprint density at radius 1 is 1.29 bits per heavy atom. The van der Waals surface area contributed by atoms with E-state index < -0.39 is 0 Å². The summed E-state index contributed by atoms with van der Waals surface area (Å²) in [6.07, 6.45) is 2.83. The van der Waals surface area contributed by atoms with Crippen LogP contribution in [0, 0.1) is 0 Å². The molecule has 0 bridgehead atoms. The van der Waals surface area contributed by atoms with Crippen LogP contribution in [-0.2, 0) is 7.05 Å². The molecular formula is C12H16N4S. The third kappa shape index (κ3) is 3.78. The normalized spacial score (nSPS) is 10.4. The van der Waals surface area contributed by atoms with E-state index in [-0.39, 0.29) is 0 Å². The van der Waals surface area contributed by atoms with Crippen molar-refractivity contribution in [2.45, 2.75) is 11.6 Å². The monoisotopic (exact) mass is 248 g/mol. The van der Waals surface area contributed by atoms with Crippen LogP contribution in [0.15, 0.2) is 41.8 Å². The van der Waals surface area contributed by atoms with Crippen molar-refractivity contribution in [1.82, 2.24) is 14.8 Å². The molecule has 0 atom stereocenters. The molecule has 0 aliphatic rings. The lowest BCUT2D eigenvalue weighted by Crippen LogP contribution is -2.02. The van der Waals surface area contributed by atoms with Gasteiger partial charge in [0, 0.05) is 25.0 Å². The zero-order valence-corrected chi connectivity index (χ0v) is 10.7. The molecule has 17 heavy (non-hydrogen) atoms. The Labute approximate surface area is 105 Å². The van der Waals surface area contributed by atoms with Gasteiger partial charge in [0.25, 0.3) is 0 Å². The summed E-state index contributed by atoms with van der Waals surface area (Å²) < 4.78 is 1.94. The summed E-state index contributed by atoms with van der Waals surface area (Å²) in [6.45, 7) is 0.981. The number of nitrogens with one attached hydrogen (secondary N) is 1. The van der Waals surface area contributed by atoms with Gasteiger partial charge in [-0.25, -0.2) is 0 Å². The summed E-state index contributed by atoms with van der Waals surface area (Å²) in [7, 11) is 1.96. The van der Waals surface area contributed by atoms with Crippen LogP contribution in [0.3, 0.4) is 0 Å². The molecule has 2 rings (SSSR count). The maximum absolute atomic E-state index is 4.03. The Bertz CT molecular complexity index is 441. The number of anilines is 1. The van der Waals surface area contributed by atoms with E-state index >= 15 is 0 Å². The van der Waals surface area contributed by atoms with Crippen LogP contribution >= 0.6 is 11.8 Å². The molecule has 0 aliphatic heterocycles. The average Bonchev–Trinajstić information content (AvgIpc) is 2.76. The van der Waals surface area contributed by atoms with Gasteiger partial charge in [-0.15, -0.1) is 10.2 Å². The topological polar surface area (TPSA) is 42.7 Å². The van der Waals surface area contributed by atoms with Crippen molar-refractivity contribution in [3.63, 3.8) is 0 Å². The van der Waals surface area contributed by atoms with Gasteiger partial charge in [-0.1, -0.05) is 30.0 Å². The van der Waals surface area contributed by atoms with Gasteiger partial charge in [0.05, 0.1) is 0 Å². The molecule has 1 aromatic carbocycles. The molecule has 90 valence electrons. The Morgan fingerprint density at radius 2 is 2.12 bits per heavy atom. The third-order valence-corrected chi connectivity index (χ3v) is 3.45. The number of thioether (sulfide) groups is 1. The summed E-state index contributed by atoms with van der Waals surface area (Å²) in [5.41, 5.74) is 1.18. The number of aromatic nitrogens is 3. The number of aryl methyl sites for hydroxylation is 1. The van der Waals surface area contributed by atoms with Crippen molar-refractivity contribution < 1.29 is 0 Å². The lowest BCUT2D eigenvalue weighted by atomic mass is 10.3. The van der Waals surface area contributed by atoms with Crippen LogP contribution < -0.4 is 5.32 Å². The first-order valence-electron chi connectivity index (χ1n) is 5.62. The zero-order chi connectivity index (χ0) is 11.9. The molecule has 0 spiro atoms. The second-order valence-corrected chi connectivity index (χ2v) is 4.78. The Hall–Kier alpha value is -1.49. The molecule has 0 amide bonds. The number of hydrogen-bond acceptors (Lipinski definition) is 4. The van der Waals surface area contributed by atoms with E-state index in [1.165, 1.54) is 5.69 Å². The third-order valence-electron chi connectivity index (χ3n) is 2.33. The van der Waals surface area contributed by atoms with Gasteiger partial charge in [-0.05, 0) is 18.6 Å². The largest absolute Gasteiger partial charge is 0.385 e. The zero-order valence-electron chi connectivity index (χ0n) is 9.84. The highest BCUT2D eigenvalue weighted by molar-refractivity contribution is 7.99. The summed E-state index contributed by atoms with van der Waals surface area (Å²) in [5, 5.41) is 12.2. The highest BCUT2D eigenvalue weighted by Crippen LogP contribution is 2.14. The Kier molecular flexibility index (Phi) is 4.44. The predicted molar refractivity (Wildman–Crippen MR) is 71.3 cm³/mol. The van der Waals surface area contributed by atoms with Gasteiger partial charge in [0.2, 0.25) is 0 Å². The quantitative estimate of drug-likeness (QED) is 0.630. The van der Waals surface area contributed by atoms with Crippen LogP contribution in [0.2, 0.25) is 0 Å². The van der Waals surface area contributed by atoms with Gasteiger partial charge in [-0.2, -0.15) is 0 Å². The van der Waals surface area contributed by atoms with Crippen LogP contribution in [0.4, 0.5) is 5.69 Å². The molecule has 1 aromatic heterocycles. The Morgan fingerprint density at radius 3 is 2.82 bits per heavy atom. The van der Waals surface area contributed by atoms with E-state index in [1.54, 1.807) is 18.1 Å². The van der Waals surface area contributed by atoms with Crippen molar-refractivity contribution in [1.29, 1.82) is 0 Å². The van der Waals surface area contributed by atoms with E-state index in [1.807, 2.05) is 29.8 Å². The first-order chi connectivity index (χ1) is 8.36. The Balaban J connectivity index is 1.63. The lowest BCUT2D eigenvalue weighted by Gasteiger charge is -2.05. The number of hydrogen-bond donors (Lipinski definition) is 1. The fourth-order valence-electron chi connectivity index (χ4n) is 1.43. The van der Waals surface area contributed by atoms with Crippen LogP contribution in [0.5, 0.6) is 0 Å². The summed E-state index contributed by atoms with van der Waals surface area (Å²) in [5.74, 6) is 1.05. The first kappa shape index (κ1) is 12.0. The molecule has 0 saturated carbocycles. The van der Waals surface area contributed by atoms with Crippen LogP contribution in [0.1, 0.15) is 6.42 Å². The maximum Gasteiger partial charge on any atom is 0.190 e. The lowest BCUT2D eigenvalue weighted by molar-refractivity contribution is 0.787. The molecule has 0 saturated heterocycles. The van der Waals surface area contributed by atoms with Gasteiger partial charge >= 0.3 is 0 Å². The van der Waals surface area contributed by atoms with Crippen molar-refractivity contribution >= 4 is 17.4 Å². The molecule has 1 N–H and O–H groups in total. The molecule has 1 heterocycles. The second-order valence-electron chi connectivity index (χ2n) is 3.72. The minimum absolute atomic E-state index is 0.977. The van der Waals surface area contributed by atoms with Gasteiger partial charge < -0.3 is 9.88 Å². The van der Waals surface area contributed by atoms with Gasteiger partial charge in [0.15, 0.2) is 5.16 Å². The van der Waals surface area contributed by atoms with Crippen molar-refractivity contribution in [3.05, 3.63) is 36.7 Å². The number of rotatable bonds is 6. The summed E-state index contributed by atoms with van der Waals surface area (Å²) in [4.78, 5) is 0. The number of benzene rings is 1. The van der Waals surface area contributed by atoms with Crippen LogP contribution in [0.25, 0.3) is 0 Å². The molecule has 0 aliphatic carbocycles. The molecule has 0 unspecified atom stereocenters. The number of para-hydroxylation sites is 1. The molecule has 0 fully saturated rings. The fraction of sp³-hybridized carbons (Fsp3) is 0.333. The van der Waals surface area contributed by atoms with E-state index in [0.29, 0.717) is 0 Å². The highest BCUT2D eigenvalue weighted by Gasteiger charge is 2.00. The standard InChI is InChI=1S/C12H16N4S/c1-16-10-14-15-12(16)17-9-5-8-13-11-6-3-2-4-7-11/h2-4,6-7,10,13H,5,8-9H2,1H3. The van der Waals surface area contributed by atoms with Crippen molar-refractivity contribution in [3.8, 4) is 0 Å². The van der Waals surface area contributed by atoms with Crippen molar-refractivity contribution in [2.75, 3.05) is 17.6 Å². The minimum atomic E-state index is 0.977. The van der Waals surface area contributed by atoms with Crippen molar-refractivity contribution in [2.24, 2.45) is 7.05 Å². The summed E-state index contributed by atoms with van der Waals surface area (Å²) >= 11 is 1.74. The molecule has 4 nitrogen and oxygen atoms in total. The molecule has 5 heteroatoms. The average molecular weight is 248 g/mol. The SMILES string of the molecule is Cn1cnnc1SCCCNc1ccccc1. The fourth-order valence-corrected chi connectivity index (χ4v) is 2.25. The highest BCUT2D eigenvalue weighted by atomic mass is 32.2. The van der Waals surface area contributed by atoms with E-state index in [4.69, 9.17) is 0 Å². The first-order valence-corrected chi connectivity index (χ1v) is 6.60. The molecular weight excluding hydrogens is 232 g/mol. The minimum Gasteiger partial charge on any atom is -0.385 e. The van der Waals surface area contributed by atoms with Gasteiger partial charge in [0.1, 0.15) is 6.33 Å². The smallest absolute Gasteiger partial charge is 0.190 e. The van der Waals surface area contributed by atoms with Gasteiger partial charge in [-0.3, -0.25) is 0 Å². The second kappa shape index (κ2) is 6.30. The van der Waals surface area contributed by atoms with E-state index in [0.717, 1.165) is 23.9 Å². The predicted octanol–water partition coefficient (Wildman–Crippen LogP) is 2.41. The van der Waals surface area contributed by atoms with Crippen LogP contribution in [-0.4, -0.2) is 27.1 Å².